The zero-order chi connectivity index (χ0) is 14.5. The Morgan fingerprint density at radius 2 is 2.25 bits per heavy atom. The highest BCUT2D eigenvalue weighted by Gasteiger charge is 2.12. The van der Waals surface area contributed by atoms with Gasteiger partial charge in [0.15, 0.2) is 0 Å². The van der Waals surface area contributed by atoms with E-state index in [1.807, 2.05) is 13.2 Å². The highest BCUT2D eigenvalue weighted by Crippen LogP contribution is 2.26. The number of anilines is 1. The quantitative estimate of drug-likeness (QED) is 0.881. The molecule has 102 valence electrons. The molecule has 0 aliphatic rings. The second-order valence-corrected chi connectivity index (χ2v) is 6.21. The summed E-state index contributed by atoms with van der Waals surface area (Å²) in [7, 11) is 0. The van der Waals surface area contributed by atoms with Crippen molar-refractivity contribution in [3.8, 4) is 6.07 Å². The maximum Gasteiger partial charge on any atom is 0.229 e. The van der Waals surface area contributed by atoms with Crippen LogP contribution in [0.5, 0.6) is 0 Å². The predicted molar refractivity (Wildman–Crippen MR) is 82.1 cm³/mol. The van der Waals surface area contributed by atoms with E-state index in [0.29, 0.717) is 11.3 Å². The van der Waals surface area contributed by atoms with E-state index >= 15 is 0 Å². The molecule has 4 nitrogen and oxygen atoms in total. The Kier molecular flexibility index (Phi) is 4.77. The number of thiazole rings is 1. The summed E-state index contributed by atoms with van der Waals surface area (Å²) in [5.41, 5.74) is 1.90. The monoisotopic (exact) mass is 303 g/mol. The van der Waals surface area contributed by atoms with Gasteiger partial charge in [0.2, 0.25) is 5.91 Å². The number of nitrogens with one attached hydrogen (secondary N) is 1. The van der Waals surface area contributed by atoms with Crippen molar-refractivity contribution in [1.29, 1.82) is 5.26 Å². The van der Waals surface area contributed by atoms with Crippen LogP contribution in [-0.2, 0) is 11.2 Å². The number of nitrogens with zero attached hydrogens (tertiary/aromatic N) is 2. The zero-order valence-electron chi connectivity index (χ0n) is 11.1. The SMILES string of the molecule is CSc1nc(C)c(CC(=O)Nc2ccccc2C#N)s1. The maximum atomic E-state index is 12.1. The summed E-state index contributed by atoms with van der Waals surface area (Å²) in [5.74, 6) is -0.132. The molecule has 0 fully saturated rings. The smallest absolute Gasteiger partial charge is 0.229 e. The first-order valence-corrected chi connectivity index (χ1v) is 7.97. The molecule has 0 atom stereocenters. The molecule has 0 unspecified atom stereocenters. The molecule has 6 heteroatoms. The molecule has 2 aromatic rings. The maximum absolute atomic E-state index is 12.1. The number of aromatic nitrogens is 1. The molecule has 20 heavy (non-hydrogen) atoms. The number of carbonyl (C=O) groups excluding carboxylic acids is 1. The minimum absolute atomic E-state index is 0.132. The fourth-order valence-corrected chi connectivity index (χ4v) is 3.34. The van der Waals surface area contributed by atoms with Crippen LogP contribution in [0.4, 0.5) is 5.69 Å². The number of aryl methyl sites for hydroxylation is 1. The summed E-state index contributed by atoms with van der Waals surface area (Å²) in [4.78, 5) is 17.4. The van der Waals surface area contributed by atoms with E-state index in [1.165, 1.54) is 11.3 Å². The lowest BCUT2D eigenvalue weighted by Gasteiger charge is -2.06. The molecule has 1 amide bonds. The van der Waals surface area contributed by atoms with Crippen molar-refractivity contribution in [2.75, 3.05) is 11.6 Å². The molecule has 1 heterocycles. The number of amides is 1. The van der Waals surface area contributed by atoms with Crippen LogP contribution in [0.15, 0.2) is 28.6 Å². The summed E-state index contributed by atoms with van der Waals surface area (Å²) in [5, 5.41) is 11.8. The first-order chi connectivity index (χ1) is 9.63. The molecule has 0 saturated heterocycles. The van der Waals surface area contributed by atoms with Gasteiger partial charge in [-0.05, 0) is 25.3 Å². The average Bonchev–Trinajstić information content (AvgIpc) is 2.80. The number of hydrogen-bond donors (Lipinski definition) is 1. The van der Waals surface area contributed by atoms with Gasteiger partial charge in [0, 0.05) is 4.88 Å². The summed E-state index contributed by atoms with van der Waals surface area (Å²) < 4.78 is 0.961. The number of rotatable bonds is 4. The van der Waals surface area contributed by atoms with Gasteiger partial charge in [0.1, 0.15) is 10.4 Å². The Bertz CT molecular complexity index is 673. The van der Waals surface area contributed by atoms with Crippen LogP contribution in [0.25, 0.3) is 0 Å². The lowest BCUT2D eigenvalue weighted by Crippen LogP contribution is -2.15. The number of para-hydroxylation sites is 1. The van der Waals surface area contributed by atoms with Crippen molar-refractivity contribution in [1.82, 2.24) is 4.98 Å². The number of hydrogen-bond acceptors (Lipinski definition) is 5. The second kappa shape index (κ2) is 6.55. The van der Waals surface area contributed by atoms with Crippen molar-refractivity contribution >= 4 is 34.7 Å². The summed E-state index contributed by atoms with van der Waals surface area (Å²) in [6.07, 6.45) is 2.25. The molecule has 0 aliphatic carbocycles. The van der Waals surface area contributed by atoms with E-state index < -0.39 is 0 Å². The van der Waals surface area contributed by atoms with E-state index in [0.717, 1.165) is 14.9 Å². The van der Waals surface area contributed by atoms with Gasteiger partial charge in [-0.25, -0.2) is 4.98 Å². The standard InChI is InChI=1S/C14H13N3OS2/c1-9-12(20-14(16-9)19-2)7-13(18)17-11-6-4-3-5-10(11)8-15/h3-6H,7H2,1-2H3,(H,17,18). The molecule has 1 aromatic carbocycles. The third-order valence-corrected chi connectivity index (χ3v) is 4.83. The van der Waals surface area contributed by atoms with Crippen LogP contribution in [0.1, 0.15) is 16.1 Å². The largest absolute Gasteiger partial charge is 0.325 e. The minimum atomic E-state index is -0.132. The van der Waals surface area contributed by atoms with Gasteiger partial charge in [-0.15, -0.1) is 11.3 Å². The number of benzene rings is 1. The molecular formula is C14H13N3OS2. The van der Waals surface area contributed by atoms with Crippen molar-refractivity contribution < 1.29 is 4.79 Å². The molecule has 2 rings (SSSR count). The molecule has 1 aromatic heterocycles. The zero-order valence-corrected chi connectivity index (χ0v) is 12.8. The third kappa shape index (κ3) is 3.38. The van der Waals surface area contributed by atoms with E-state index in [9.17, 15) is 4.79 Å². The molecule has 1 N–H and O–H groups in total. The van der Waals surface area contributed by atoms with Gasteiger partial charge >= 0.3 is 0 Å². The molecule has 0 radical (unpaired) electrons. The lowest BCUT2D eigenvalue weighted by atomic mass is 10.2. The van der Waals surface area contributed by atoms with Gasteiger partial charge in [-0.3, -0.25) is 4.79 Å². The molecule has 0 saturated carbocycles. The van der Waals surface area contributed by atoms with E-state index in [-0.39, 0.29) is 12.3 Å². The first-order valence-electron chi connectivity index (χ1n) is 5.93. The topological polar surface area (TPSA) is 65.8 Å². The Morgan fingerprint density at radius 3 is 2.90 bits per heavy atom. The number of nitriles is 1. The fraction of sp³-hybridized carbons (Fsp3) is 0.214. The predicted octanol–water partition coefficient (Wildman–Crippen LogP) is 3.23. The van der Waals surface area contributed by atoms with E-state index in [1.54, 1.807) is 36.0 Å². The van der Waals surface area contributed by atoms with Crippen LogP contribution in [0, 0.1) is 18.3 Å². The third-order valence-electron chi connectivity index (χ3n) is 2.69. The highest BCUT2D eigenvalue weighted by atomic mass is 32.2. The van der Waals surface area contributed by atoms with E-state index in [2.05, 4.69) is 16.4 Å². The Balaban J connectivity index is 2.09. The van der Waals surface area contributed by atoms with Crippen LogP contribution in [0.3, 0.4) is 0 Å². The Hall–Kier alpha value is -1.84. The van der Waals surface area contributed by atoms with Crippen LogP contribution in [-0.4, -0.2) is 17.1 Å². The van der Waals surface area contributed by atoms with Gasteiger partial charge in [0.05, 0.1) is 23.4 Å². The van der Waals surface area contributed by atoms with Gasteiger partial charge in [-0.2, -0.15) is 5.26 Å². The highest BCUT2D eigenvalue weighted by molar-refractivity contribution is 8.00. The minimum Gasteiger partial charge on any atom is -0.325 e. The number of carbonyl (C=O) groups is 1. The van der Waals surface area contributed by atoms with Crippen LogP contribution < -0.4 is 5.32 Å². The van der Waals surface area contributed by atoms with Crippen molar-refractivity contribution in [2.45, 2.75) is 17.7 Å². The Morgan fingerprint density at radius 1 is 1.50 bits per heavy atom. The fourth-order valence-electron chi connectivity index (χ4n) is 1.68. The second-order valence-electron chi connectivity index (χ2n) is 4.07. The van der Waals surface area contributed by atoms with Gasteiger partial charge in [0.25, 0.3) is 0 Å². The lowest BCUT2D eigenvalue weighted by molar-refractivity contribution is -0.115. The number of thioether (sulfide) groups is 1. The van der Waals surface area contributed by atoms with Crippen LogP contribution in [0.2, 0.25) is 0 Å². The summed E-state index contributed by atoms with van der Waals surface area (Å²) >= 11 is 3.11. The normalized spacial score (nSPS) is 10.1. The van der Waals surface area contributed by atoms with Crippen molar-refractivity contribution in [3.63, 3.8) is 0 Å². The Labute approximate surface area is 125 Å². The van der Waals surface area contributed by atoms with Crippen molar-refractivity contribution in [2.24, 2.45) is 0 Å². The summed E-state index contributed by atoms with van der Waals surface area (Å²) in [6.45, 7) is 1.90. The van der Waals surface area contributed by atoms with Gasteiger partial charge < -0.3 is 5.32 Å². The van der Waals surface area contributed by atoms with Gasteiger partial charge in [-0.1, -0.05) is 23.9 Å². The average molecular weight is 303 g/mol. The van der Waals surface area contributed by atoms with Crippen LogP contribution >= 0.6 is 23.1 Å². The molecule has 0 aliphatic heterocycles. The first kappa shape index (κ1) is 14.6. The molecule has 0 spiro atoms. The summed E-state index contributed by atoms with van der Waals surface area (Å²) in [6, 6.07) is 9.03. The molecule has 0 bridgehead atoms. The molecular weight excluding hydrogens is 290 g/mol. The van der Waals surface area contributed by atoms with Crippen molar-refractivity contribution in [3.05, 3.63) is 40.4 Å². The van der Waals surface area contributed by atoms with E-state index in [4.69, 9.17) is 5.26 Å².